The standard InChI is InChI=1S/C40H64N2O3/c1-29(2)37-26-36(27-40(8,9)41(37)28-33-18-12-10-13-19-33)44-23-17-16-22-43-35-24-38(30(3)4)42(39(25-35)31(5)6)45-32(7)34-20-14-11-15-21-34/h10-15,18-21,29-32,35-39H,16-17,22-28H2,1-9H3. The number of piperidine rings is 2. The molecule has 0 amide bonds. The van der Waals surface area contributed by atoms with Gasteiger partial charge in [-0.2, -0.15) is 5.06 Å². The normalized spacial score (nSPS) is 27.0. The SMILES string of the molecule is CC(ON1C(C(C)C)CC(OCCCCOC2CC(C(C)C)N(Cc3ccccc3)C(C)(C)C2)CC1C(C)C)c1ccccc1. The highest BCUT2D eigenvalue weighted by Gasteiger charge is 2.43. The van der Waals surface area contributed by atoms with Gasteiger partial charge in [-0.25, -0.2) is 0 Å². The van der Waals surface area contributed by atoms with Gasteiger partial charge in [0.1, 0.15) is 6.10 Å². The van der Waals surface area contributed by atoms with Crippen LogP contribution in [-0.2, 0) is 20.9 Å². The fraction of sp³-hybridized carbons (Fsp3) is 0.700. The van der Waals surface area contributed by atoms with Crippen LogP contribution in [0.25, 0.3) is 0 Å². The quantitative estimate of drug-likeness (QED) is 0.185. The molecule has 4 rings (SSSR count). The Morgan fingerprint density at radius 3 is 1.69 bits per heavy atom. The van der Waals surface area contributed by atoms with Crippen LogP contribution < -0.4 is 0 Å². The first kappa shape index (κ1) is 36.1. The van der Waals surface area contributed by atoms with E-state index in [1.165, 1.54) is 11.1 Å². The van der Waals surface area contributed by atoms with Gasteiger partial charge in [0.25, 0.3) is 0 Å². The summed E-state index contributed by atoms with van der Waals surface area (Å²) in [7, 11) is 0. The molecule has 2 heterocycles. The first-order valence-electron chi connectivity index (χ1n) is 18.0. The molecule has 0 radical (unpaired) electrons. The molecule has 2 saturated heterocycles. The summed E-state index contributed by atoms with van der Waals surface area (Å²) in [6, 6.07) is 22.7. The number of nitrogens with zero attached hydrogens (tertiary/aromatic N) is 2. The summed E-state index contributed by atoms with van der Waals surface area (Å²) < 4.78 is 13.2. The highest BCUT2D eigenvalue weighted by atomic mass is 16.7. The number of hydroxylamine groups is 2. The van der Waals surface area contributed by atoms with Gasteiger partial charge in [0.2, 0.25) is 0 Å². The van der Waals surface area contributed by atoms with E-state index < -0.39 is 0 Å². The Morgan fingerprint density at radius 1 is 0.667 bits per heavy atom. The van der Waals surface area contributed by atoms with E-state index in [0.29, 0.717) is 42.0 Å². The molecule has 0 spiro atoms. The van der Waals surface area contributed by atoms with E-state index >= 15 is 0 Å². The largest absolute Gasteiger partial charge is 0.378 e. The first-order valence-corrected chi connectivity index (χ1v) is 18.0. The van der Waals surface area contributed by atoms with Gasteiger partial charge in [-0.1, -0.05) is 102 Å². The molecule has 0 saturated carbocycles. The third-order valence-electron chi connectivity index (χ3n) is 10.4. The molecule has 2 aromatic carbocycles. The lowest BCUT2D eigenvalue weighted by Crippen LogP contribution is -2.58. The van der Waals surface area contributed by atoms with Crippen molar-refractivity contribution < 1.29 is 14.3 Å². The molecule has 45 heavy (non-hydrogen) atoms. The highest BCUT2D eigenvalue weighted by molar-refractivity contribution is 5.17. The Morgan fingerprint density at radius 2 is 1.16 bits per heavy atom. The smallest absolute Gasteiger partial charge is 0.101 e. The Labute approximate surface area is 276 Å². The third kappa shape index (κ3) is 10.1. The molecule has 2 aliphatic heterocycles. The van der Waals surface area contributed by atoms with E-state index in [1.54, 1.807) is 0 Å². The fourth-order valence-corrected chi connectivity index (χ4v) is 7.66. The van der Waals surface area contributed by atoms with Crippen LogP contribution >= 0.6 is 0 Å². The monoisotopic (exact) mass is 620 g/mol. The van der Waals surface area contributed by atoms with Crippen LogP contribution in [0.15, 0.2) is 60.7 Å². The summed E-state index contributed by atoms with van der Waals surface area (Å²) >= 11 is 0. The van der Waals surface area contributed by atoms with E-state index in [2.05, 4.69) is 133 Å². The summed E-state index contributed by atoms with van der Waals surface area (Å²) in [6.45, 7) is 23.6. The summed E-state index contributed by atoms with van der Waals surface area (Å²) in [4.78, 5) is 9.45. The number of likely N-dealkylation sites (tertiary alicyclic amines) is 1. The molecular weight excluding hydrogens is 556 g/mol. The maximum absolute atomic E-state index is 6.72. The molecule has 5 unspecified atom stereocenters. The lowest BCUT2D eigenvalue weighted by Gasteiger charge is -2.52. The molecule has 5 nitrogen and oxygen atoms in total. The van der Waals surface area contributed by atoms with Crippen LogP contribution in [0.3, 0.4) is 0 Å². The summed E-state index contributed by atoms with van der Waals surface area (Å²) in [5.41, 5.74) is 2.73. The zero-order valence-corrected chi connectivity index (χ0v) is 30.0. The highest BCUT2D eigenvalue weighted by Crippen LogP contribution is 2.38. The van der Waals surface area contributed by atoms with Crippen molar-refractivity contribution in [1.29, 1.82) is 0 Å². The molecule has 5 atom stereocenters. The first-order chi connectivity index (χ1) is 21.5. The number of ether oxygens (including phenoxy) is 2. The van der Waals surface area contributed by atoms with Crippen LogP contribution in [0, 0.1) is 17.8 Å². The minimum atomic E-state index is 0.0312. The molecule has 2 aliphatic rings. The van der Waals surface area contributed by atoms with Crippen molar-refractivity contribution in [3.05, 3.63) is 71.8 Å². The Kier molecular flexibility index (Phi) is 13.5. The van der Waals surface area contributed by atoms with E-state index in [1.807, 2.05) is 0 Å². The van der Waals surface area contributed by atoms with Crippen molar-refractivity contribution >= 4 is 0 Å². The van der Waals surface area contributed by atoms with Crippen molar-refractivity contribution in [3.63, 3.8) is 0 Å². The second-order valence-corrected chi connectivity index (χ2v) is 15.5. The molecule has 0 bridgehead atoms. The molecule has 2 aromatic rings. The van der Waals surface area contributed by atoms with Gasteiger partial charge < -0.3 is 9.47 Å². The van der Waals surface area contributed by atoms with Crippen molar-refractivity contribution in [2.45, 2.75) is 149 Å². The number of hydrogen-bond donors (Lipinski definition) is 0. The number of rotatable bonds is 15. The van der Waals surface area contributed by atoms with Crippen LogP contribution in [0.5, 0.6) is 0 Å². The second-order valence-electron chi connectivity index (χ2n) is 15.5. The third-order valence-corrected chi connectivity index (χ3v) is 10.4. The van der Waals surface area contributed by atoms with E-state index in [0.717, 1.165) is 58.3 Å². The Bertz CT molecular complexity index is 1090. The molecule has 2 fully saturated rings. The minimum absolute atomic E-state index is 0.0312. The maximum Gasteiger partial charge on any atom is 0.101 e. The van der Waals surface area contributed by atoms with Crippen molar-refractivity contribution in [1.82, 2.24) is 9.96 Å². The molecule has 0 aromatic heterocycles. The predicted octanol–water partition coefficient (Wildman–Crippen LogP) is 9.47. The van der Waals surface area contributed by atoms with Crippen LogP contribution in [0.2, 0.25) is 0 Å². The second kappa shape index (κ2) is 16.9. The zero-order valence-electron chi connectivity index (χ0n) is 30.0. The number of benzene rings is 2. The lowest BCUT2D eigenvalue weighted by atomic mass is 9.80. The number of hydrogen-bond acceptors (Lipinski definition) is 5. The van der Waals surface area contributed by atoms with Gasteiger partial charge in [-0.3, -0.25) is 9.74 Å². The van der Waals surface area contributed by atoms with Crippen molar-refractivity contribution in [2.24, 2.45) is 17.8 Å². The summed E-state index contributed by atoms with van der Waals surface area (Å²) in [5, 5.41) is 2.35. The molecule has 5 heteroatoms. The average Bonchev–Trinajstić information content (AvgIpc) is 3.00. The van der Waals surface area contributed by atoms with Crippen molar-refractivity contribution in [3.8, 4) is 0 Å². The van der Waals surface area contributed by atoms with E-state index in [-0.39, 0.29) is 17.7 Å². The van der Waals surface area contributed by atoms with Crippen LogP contribution in [-0.4, -0.2) is 59.0 Å². The minimum Gasteiger partial charge on any atom is -0.378 e. The van der Waals surface area contributed by atoms with E-state index in [9.17, 15) is 0 Å². The lowest BCUT2D eigenvalue weighted by molar-refractivity contribution is -0.280. The van der Waals surface area contributed by atoms with Gasteiger partial charge in [0.05, 0.1) is 12.2 Å². The van der Waals surface area contributed by atoms with Gasteiger partial charge in [0.15, 0.2) is 0 Å². The van der Waals surface area contributed by atoms with Crippen LogP contribution in [0.4, 0.5) is 0 Å². The van der Waals surface area contributed by atoms with Gasteiger partial charge in [-0.05, 0) is 88.2 Å². The Hall–Kier alpha value is -1.76. The van der Waals surface area contributed by atoms with E-state index in [4.69, 9.17) is 14.3 Å². The molecular formula is C40H64N2O3. The predicted molar refractivity (Wildman–Crippen MR) is 187 cm³/mol. The number of unbranched alkanes of at least 4 members (excludes halogenated alkanes) is 1. The maximum atomic E-state index is 6.72. The van der Waals surface area contributed by atoms with Gasteiger partial charge >= 0.3 is 0 Å². The van der Waals surface area contributed by atoms with Crippen LogP contribution in [0.1, 0.15) is 118 Å². The van der Waals surface area contributed by atoms with Gasteiger partial charge in [0, 0.05) is 43.4 Å². The molecule has 0 N–H and O–H groups in total. The fourth-order valence-electron chi connectivity index (χ4n) is 7.66. The average molecular weight is 621 g/mol. The summed E-state index contributed by atoms with van der Waals surface area (Å²) in [5.74, 6) is 1.58. The summed E-state index contributed by atoms with van der Waals surface area (Å²) in [6.07, 6.45) is 6.96. The zero-order chi connectivity index (χ0) is 32.6. The van der Waals surface area contributed by atoms with Gasteiger partial charge in [-0.15, -0.1) is 0 Å². The van der Waals surface area contributed by atoms with Crippen molar-refractivity contribution in [2.75, 3.05) is 13.2 Å². The molecule has 0 aliphatic carbocycles. The molecule has 252 valence electrons. The Balaban J connectivity index is 1.23. The topological polar surface area (TPSA) is 34.2 Å².